The van der Waals surface area contributed by atoms with Gasteiger partial charge in [0.15, 0.2) is 0 Å². The SMILES string of the molecule is COc1ccc(OC)c(N(CC(=O)N2CCN(c3ccccc3)CC2)S(=O)(=O)c2ccccc2)c1. The molecular formula is C26H29N3O5S. The molecule has 1 fully saturated rings. The van der Waals surface area contributed by atoms with Crippen LogP contribution in [-0.2, 0) is 14.8 Å². The molecule has 0 aromatic heterocycles. The number of carbonyl (C=O) groups is 1. The van der Waals surface area contributed by atoms with Gasteiger partial charge in [0, 0.05) is 37.9 Å². The molecule has 0 aliphatic carbocycles. The number of para-hydroxylation sites is 1. The number of carbonyl (C=O) groups excluding carboxylic acids is 1. The van der Waals surface area contributed by atoms with Crippen molar-refractivity contribution in [1.29, 1.82) is 0 Å². The van der Waals surface area contributed by atoms with Crippen LogP contribution in [0.4, 0.5) is 11.4 Å². The molecule has 1 amide bonds. The number of anilines is 2. The van der Waals surface area contributed by atoms with Gasteiger partial charge in [0.2, 0.25) is 5.91 Å². The lowest BCUT2D eigenvalue weighted by atomic mass is 10.2. The van der Waals surface area contributed by atoms with E-state index in [-0.39, 0.29) is 23.0 Å². The van der Waals surface area contributed by atoms with Crippen molar-refractivity contribution in [2.24, 2.45) is 0 Å². The van der Waals surface area contributed by atoms with Gasteiger partial charge < -0.3 is 19.3 Å². The highest BCUT2D eigenvalue weighted by Crippen LogP contribution is 2.35. The molecule has 3 aromatic carbocycles. The van der Waals surface area contributed by atoms with Gasteiger partial charge in [-0.05, 0) is 36.4 Å². The van der Waals surface area contributed by atoms with Crippen LogP contribution in [0.15, 0.2) is 83.8 Å². The number of nitrogens with zero attached hydrogens (tertiary/aromatic N) is 3. The maximum atomic E-state index is 13.7. The third-order valence-electron chi connectivity index (χ3n) is 6.02. The quantitative estimate of drug-likeness (QED) is 0.477. The summed E-state index contributed by atoms with van der Waals surface area (Å²) in [7, 11) is -1.10. The zero-order valence-corrected chi connectivity index (χ0v) is 20.6. The van der Waals surface area contributed by atoms with Gasteiger partial charge in [0.1, 0.15) is 18.0 Å². The lowest BCUT2D eigenvalue weighted by Gasteiger charge is -2.37. The first-order chi connectivity index (χ1) is 16.9. The standard InChI is InChI=1S/C26H29N3O5S/c1-33-22-13-14-25(34-2)24(19-22)29(35(31,32)23-11-7-4-8-12-23)20-26(30)28-17-15-27(16-18-28)21-9-5-3-6-10-21/h3-14,19H,15-18,20H2,1-2H3. The van der Waals surface area contributed by atoms with Crippen LogP contribution in [0.25, 0.3) is 0 Å². The molecule has 0 atom stereocenters. The zero-order chi connectivity index (χ0) is 24.8. The molecule has 0 spiro atoms. The maximum absolute atomic E-state index is 13.7. The fourth-order valence-corrected chi connectivity index (χ4v) is 5.52. The molecule has 35 heavy (non-hydrogen) atoms. The molecule has 4 rings (SSSR count). The monoisotopic (exact) mass is 495 g/mol. The van der Waals surface area contributed by atoms with Crippen LogP contribution in [0.1, 0.15) is 0 Å². The molecular weight excluding hydrogens is 466 g/mol. The van der Waals surface area contributed by atoms with Gasteiger partial charge in [0.05, 0.1) is 24.8 Å². The van der Waals surface area contributed by atoms with Crippen LogP contribution in [-0.4, -0.2) is 66.2 Å². The lowest BCUT2D eigenvalue weighted by Crippen LogP contribution is -2.52. The van der Waals surface area contributed by atoms with Gasteiger partial charge in [0.25, 0.3) is 10.0 Å². The number of methoxy groups -OCH3 is 2. The fourth-order valence-electron chi connectivity index (χ4n) is 4.09. The summed E-state index contributed by atoms with van der Waals surface area (Å²) in [4.78, 5) is 17.4. The Labute approximate surface area is 206 Å². The van der Waals surface area contributed by atoms with Crippen molar-refractivity contribution in [1.82, 2.24) is 4.90 Å². The molecule has 1 aliphatic heterocycles. The number of hydrogen-bond acceptors (Lipinski definition) is 6. The highest BCUT2D eigenvalue weighted by molar-refractivity contribution is 7.92. The summed E-state index contributed by atoms with van der Waals surface area (Å²) in [6.07, 6.45) is 0. The summed E-state index contributed by atoms with van der Waals surface area (Å²) in [6, 6.07) is 23.0. The number of amides is 1. The van der Waals surface area contributed by atoms with Gasteiger partial charge in [-0.15, -0.1) is 0 Å². The van der Waals surface area contributed by atoms with Crippen molar-refractivity contribution in [3.8, 4) is 11.5 Å². The smallest absolute Gasteiger partial charge is 0.264 e. The van der Waals surface area contributed by atoms with Crippen LogP contribution in [0, 0.1) is 0 Å². The summed E-state index contributed by atoms with van der Waals surface area (Å²) in [5.41, 5.74) is 1.35. The predicted molar refractivity (Wildman–Crippen MR) is 136 cm³/mol. The Morgan fingerprint density at radius 3 is 2.09 bits per heavy atom. The Morgan fingerprint density at radius 1 is 0.857 bits per heavy atom. The van der Waals surface area contributed by atoms with Crippen molar-refractivity contribution >= 4 is 27.3 Å². The van der Waals surface area contributed by atoms with E-state index in [4.69, 9.17) is 9.47 Å². The molecule has 1 saturated heterocycles. The minimum atomic E-state index is -4.06. The van der Waals surface area contributed by atoms with E-state index in [0.717, 1.165) is 9.99 Å². The molecule has 0 N–H and O–H groups in total. The van der Waals surface area contributed by atoms with Crippen LogP contribution in [0.2, 0.25) is 0 Å². The molecule has 1 aliphatic rings. The average molecular weight is 496 g/mol. The third kappa shape index (κ3) is 5.35. The van der Waals surface area contributed by atoms with Crippen LogP contribution >= 0.6 is 0 Å². The van der Waals surface area contributed by atoms with Gasteiger partial charge in [-0.25, -0.2) is 8.42 Å². The molecule has 0 saturated carbocycles. The van der Waals surface area contributed by atoms with E-state index in [1.54, 1.807) is 41.3 Å². The van der Waals surface area contributed by atoms with E-state index in [0.29, 0.717) is 37.7 Å². The second kappa shape index (κ2) is 10.7. The number of benzene rings is 3. The molecule has 8 nitrogen and oxygen atoms in total. The molecule has 184 valence electrons. The predicted octanol–water partition coefficient (Wildman–Crippen LogP) is 3.25. The van der Waals surface area contributed by atoms with Crippen molar-refractivity contribution < 1.29 is 22.7 Å². The van der Waals surface area contributed by atoms with Crippen LogP contribution in [0.3, 0.4) is 0 Å². The highest BCUT2D eigenvalue weighted by Gasteiger charge is 2.32. The second-order valence-corrected chi connectivity index (χ2v) is 9.93. The Bertz CT molecular complexity index is 1240. The van der Waals surface area contributed by atoms with Crippen LogP contribution < -0.4 is 18.7 Å². The number of sulfonamides is 1. The summed E-state index contributed by atoms with van der Waals surface area (Å²) in [5.74, 6) is 0.507. The van der Waals surface area contributed by atoms with Crippen LogP contribution in [0.5, 0.6) is 11.5 Å². The fraction of sp³-hybridized carbons (Fsp3) is 0.269. The van der Waals surface area contributed by atoms with Gasteiger partial charge >= 0.3 is 0 Å². The van der Waals surface area contributed by atoms with E-state index in [1.807, 2.05) is 30.3 Å². The molecule has 0 unspecified atom stereocenters. The first-order valence-electron chi connectivity index (χ1n) is 11.3. The van der Waals surface area contributed by atoms with Crippen molar-refractivity contribution in [2.75, 3.05) is 56.1 Å². The summed E-state index contributed by atoms with van der Waals surface area (Å²) in [6.45, 7) is 1.99. The van der Waals surface area contributed by atoms with Crippen molar-refractivity contribution in [2.45, 2.75) is 4.90 Å². The molecule has 9 heteroatoms. The zero-order valence-electron chi connectivity index (χ0n) is 19.8. The number of ether oxygens (including phenoxy) is 2. The lowest BCUT2D eigenvalue weighted by molar-refractivity contribution is -0.129. The maximum Gasteiger partial charge on any atom is 0.264 e. The first-order valence-corrected chi connectivity index (χ1v) is 12.8. The third-order valence-corrected chi connectivity index (χ3v) is 7.79. The summed E-state index contributed by atoms with van der Waals surface area (Å²) >= 11 is 0. The molecule has 0 radical (unpaired) electrons. The van der Waals surface area contributed by atoms with E-state index in [2.05, 4.69) is 4.90 Å². The topological polar surface area (TPSA) is 79.4 Å². The van der Waals surface area contributed by atoms with E-state index in [9.17, 15) is 13.2 Å². The number of piperazine rings is 1. The first kappa shape index (κ1) is 24.4. The van der Waals surface area contributed by atoms with Gasteiger partial charge in [-0.2, -0.15) is 0 Å². The molecule has 1 heterocycles. The minimum Gasteiger partial charge on any atom is -0.497 e. The minimum absolute atomic E-state index is 0.0894. The van der Waals surface area contributed by atoms with E-state index >= 15 is 0 Å². The Balaban J connectivity index is 1.61. The van der Waals surface area contributed by atoms with Gasteiger partial charge in [-0.1, -0.05) is 36.4 Å². The number of rotatable bonds is 8. The largest absolute Gasteiger partial charge is 0.497 e. The second-order valence-electron chi connectivity index (χ2n) is 8.07. The molecule has 3 aromatic rings. The summed E-state index contributed by atoms with van der Waals surface area (Å²) < 4.78 is 39.3. The van der Waals surface area contributed by atoms with Gasteiger partial charge in [-0.3, -0.25) is 9.10 Å². The average Bonchev–Trinajstić information content (AvgIpc) is 2.92. The normalized spacial score (nSPS) is 13.9. The van der Waals surface area contributed by atoms with Crippen molar-refractivity contribution in [3.05, 3.63) is 78.9 Å². The highest BCUT2D eigenvalue weighted by atomic mass is 32.2. The summed E-state index contributed by atoms with van der Waals surface area (Å²) in [5, 5.41) is 0. The van der Waals surface area contributed by atoms with E-state index in [1.165, 1.54) is 26.4 Å². The van der Waals surface area contributed by atoms with E-state index < -0.39 is 10.0 Å². The Kier molecular flexibility index (Phi) is 7.45. The molecule has 0 bridgehead atoms. The Hall–Kier alpha value is -3.72. The number of hydrogen-bond donors (Lipinski definition) is 0. The Morgan fingerprint density at radius 2 is 1.49 bits per heavy atom. The van der Waals surface area contributed by atoms with Crippen molar-refractivity contribution in [3.63, 3.8) is 0 Å².